The Labute approximate surface area is 157 Å². The molecule has 1 aliphatic rings. The highest BCUT2D eigenvalue weighted by Crippen LogP contribution is 2.26. The smallest absolute Gasteiger partial charge is 0.279 e. The number of aromatic nitrogens is 3. The van der Waals surface area contributed by atoms with Gasteiger partial charge >= 0.3 is 0 Å². The average Bonchev–Trinajstić information content (AvgIpc) is 3.31. The van der Waals surface area contributed by atoms with E-state index in [1.807, 2.05) is 18.2 Å². The van der Waals surface area contributed by atoms with E-state index in [1.165, 1.54) is 17.1 Å². The minimum atomic E-state index is -3.72. The zero-order valence-electron chi connectivity index (χ0n) is 14.6. The first-order valence-electron chi connectivity index (χ1n) is 8.29. The highest BCUT2D eigenvalue weighted by Gasteiger charge is 2.20. The van der Waals surface area contributed by atoms with E-state index in [-0.39, 0.29) is 5.03 Å². The van der Waals surface area contributed by atoms with Gasteiger partial charge in [0, 0.05) is 36.3 Å². The minimum absolute atomic E-state index is 0.100. The quantitative estimate of drug-likeness (QED) is 0.738. The molecule has 7 nitrogen and oxygen atoms in total. The van der Waals surface area contributed by atoms with Gasteiger partial charge in [-0.3, -0.25) is 14.7 Å². The number of allylic oxidation sites excluding steroid dienone is 1. The molecule has 0 atom stereocenters. The van der Waals surface area contributed by atoms with Crippen molar-refractivity contribution in [2.24, 2.45) is 12.0 Å². The average molecular weight is 379 g/mol. The maximum Gasteiger partial charge on any atom is 0.279 e. The van der Waals surface area contributed by atoms with E-state index in [1.54, 1.807) is 37.6 Å². The number of benzene rings is 1. The van der Waals surface area contributed by atoms with Crippen LogP contribution in [0.3, 0.4) is 0 Å². The Morgan fingerprint density at radius 3 is 2.63 bits per heavy atom. The van der Waals surface area contributed by atoms with Crippen LogP contribution in [0.2, 0.25) is 0 Å². The van der Waals surface area contributed by atoms with Gasteiger partial charge in [-0.15, -0.1) is 0 Å². The van der Waals surface area contributed by atoms with Crippen LogP contribution in [0.25, 0.3) is 5.57 Å². The first kappa shape index (κ1) is 17.2. The molecule has 0 spiro atoms. The van der Waals surface area contributed by atoms with Crippen molar-refractivity contribution < 1.29 is 8.42 Å². The molecule has 0 radical (unpaired) electrons. The molecule has 0 saturated carbocycles. The summed E-state index contributed by atoms with van der Waals surface area (Å²) >= 11 is 0. The van der Waals surface area contributed by atoms with Gasteiger partial charge in [0.2, 0.25) is 0 Å². The highest BCUT2D eigenvalue weighted by molar-refractivity contribution is 7.92. The fourth-order valence-electron chi connectivity index (χ4n) is 2.98. The van der Waals surface area contributed by atoms with Crippen molar-refractivity contribution >= 4 is 27.0 Å². The second kappa shape index (κ2) is 6.81. The number of nitrogens with one attached hydrogen (secondary N) is 1. The van der Waals surface area contributed by atoms with Gasteiger partial charge < -0.3 is 4.57 Å². The largest absolute Gasteiger partial charge is 0.323 e. The Kier molecular flexibility index (Phi) is 4.33. The third kappa shape index (κ3) is 3.39. The summed E-state index contributed by atoms with van der Waals surface area (Å²) in [4.78, 5) is 12.5. The Morgan fingerprint density at radius 2 is 1.89 bits per heavy atom. The van der Waals surface area contributed by atoms with Crippen molar-refractivity contribution in [3.05, 3.63) is 78.5 Å². The van der Waals surface area contributed by atoms with Crippen LogP contribution in [-0.4, -0.2) is 35.2 Å². The second-order valence-electron chi connectivity index (χ2n) is 6.07. The maximum absolute atomic E-state index is 12.6. The second-order valence-corrected chi connectivity index (χ2v) is 7.70. The maximum atomic E-state index is 12.6. The zero-order valence-corrected chi connectivity index (χ0v) is 15.4. The van der Waals surface area contributed by atoms with Crippen molar-refractivity contribution in [1.82, 2.24) is 14.5 Å². The topological polar surface area (TPSA) is 89.2 Å². The first-order valence-corrected chi connectivity index (χ1v) is 9.78. The SMILES string of the molecule is Cn1cncc1S(=O)(=O)Nc1cccc(C2=NCC=C2c2ccncc2)c1. The van der Waals surface area contributed by atoms with Crippen LogP contribution in [0, 0.1) is 0 Å². The van der Waals surface area contributed by atoms with Crippen LogP contribution >= 0.6 is 0 Å². The molecular weight excluding hydrogens is 362 g/mol. The number of aliphatic imine (C=N–C) groups is 1. The van der Waals surface area contributed by atoms with Crippen molar-refractivity contribution in [1.29, 1.82) is 0 Å². The fraction of sp³-hybridized carbons (Fsp3) is 0.105. The molecule has 2 aromatic heterocycles. The number of pyridine rings is 1. The van der Waals surface area contributed by atoms with Crippen LogP contribution in [0.4, 0.5) is 5.69 Å². The number of hydrogen-bond donors (Lipinski definition) is 1. The molecule has 0 unspecified atom stereocenters. The van der Waals surface area contributed by atoms with Gasteiger partial charge in [-0.2, -0.15) is 8.42 Å². The predicted octanol–water partition coefficient (Wildman–Crippen LogP) is 2.50. The lowest BCUT2D eigenvalue weighted by atomic mass is 9.97. The Bertz CT molecular complexity index is 1150. The van der Waals surface area contributed by atoms with E-state index < -0.39 is 10.0 Å². The van der Waals surface area contributed by atoms with E-state index in [9.17, 15) is 8.42 Å². The van der Waals surface area contributed by atoms with E-state index in [4.69, 9.17) is 0 Å². The van der Waals surface area contributed by atoms with Crippen LogP contribution in [0.1, 0.15) is 11.1 Å². The number of imidazole rings is 1. The number of hydrogen-bond acceptors (Lipinski definition) is 5. The van der Waals surface area contributed by atoms with Crippen LogP contribution in [0.15, 0.2) is 77.4 Å². The standard InChI is InChI=1S/C19H17N5O2S/c1-24-13-21-12-18(24)27(25,26)23-16-4-2-3-15(11-16)19-17(7-10-22-19)14-5-8-20-9-6-14/h2-9,11-13,23H,10H2,1H3. The van der Waals surface area contributed by atoms with Crippen molar-refractivity contribution in [3.63, 3.8) is 0 Å². The predicted molar refractivity (Wildman–Crippen MR) is 104 cm³/mol. The monoisotopic (exact) mass is 379 g/mol. The summed E-state index contributed by atoms with van der Waals surface area (Å²) in [7, 11) is -2.08. The number of anilines is 1. The summed E-state index contributed by atoms with van der Waals surface area (Å²) in [6, 6.07) is 11.1. The summed E-state index contributed by atoms with van der Waals surface area (Å²) in [5, 5.41) is 0.100. The molecule has 1 aromatic carbocycles. The molecule has 8 heteroatoms. The van der Waals surface area contributed by atoms with Crippen LogP contribution in [-0.2, 0) is 17.1 Å². The van der Waals surface area contributed by atoms with E-state index in [2.05, 4.69) is 25.8 Å². The Morgan fingerprint density at radius 1 is 1.07 bits per heavy atom. The van der Waals surface area contributed by atoms with Gasteiger partial charge in [0.15, 0.2) is 5.03 Å². The molecule has 0 aliphatic carbocycles. The van der Waals surface area contributed by atoms with Gasteiger partial charge in [-0.05, 0) is 29.8 Å². The normalized spacial score (nSPS) is 14.0. The van der Waals surface area contributed by atoms with Crippen LogP contribution < -0.4 is 4.72 Å². The zero-order chi connectivity index (χ0) is 18.9. The minimum Gasteiger partial charge on any atom is -0.323 e. The Balaban J connectivity index is 1.64. The van der Waals surface area contributed by atoms with Crippen molar-refractivity contribution in [2.75, 3.05) is 11.3 Å². The third-order valence-electron chi connectivity index (χ3n) is 4.23. The molecule has 0 saturated heterocycles. The van der Waals surface area contributed by atoms with E-state index in [0.29, 0.717) is 12.2 Å². The molecule has 0 amide bonds. The lowest BCUT2D eigenvalue weighted by molar-refractivity contribution is 0.591. The van der Waals surface area contributed by atoms with Crippen LogP contribution in [0.5, 0.6) is 0 Å². The Hall–Kier alpha value is -3.26. The molecule has 1 N–H and O–H groups in total. The van der Waals surface area contributed by atoms with E-state index in [0.717, 1.165) is 22.4 Å². The molecule has 136 valence electrons. The summed E-state index contributed by atoms with van der Waals surface area (Å²) in [6.07, 6.45) is 8.30. The van der Waals surface area contributed by atoms with Gasteiger partial charge in [0.1, 0.15) is 0 Å². The van der Waals surface area contributed by atoms with E-state index >= 15 is 0 Å². The number of sulfonamides is 1. The molecule has 0 fully saturated rings. The molecule has 0 bridgehead atoms. The summed E-state index contributed by atoms with van der Waals surface area (Å²) in [5.74, 6) is 0. The number of nitrogens with zero attached hydrogens (tertiary/aromatic N) is 4. The number of rotatable bonds is 5. The van der Waals surface area contributed by atoms with Gasteiger partial charge in [0.25, 0.3) is 10.0 Å². The molecule has 4 rings (SSSR count). The molecule has 27 heavy (non-hydrogen) atoms. The lowest BCUT2D eigenvalue weighted by Crippen LogP contribution is -2.16. The third-order valence-corrected chi connectivity index (χ3v) is 5.68. The van der Waals surface area contributed by atoms with Crippen molar-refractivity contribution in [3.8, 4) is 0 Å². The highest BCUT2D eigenvalue weighted by atomic mass is 32.2. The fourth-order valence-corrected chi connectivity index (χ4v) is 4.15. The summed E-state index contributed by atoms with van der Waals surface area (Å²) in [6.45, 7) is 0.595. The number of aryl methyl sites for hydroxylation is 1. The summed E-state index contributed by atoms with van der Waals surface area (Å²) in [5.41, 5.74) is 4.20. The molecule has 3 aromatic rings. The van der Waals surface area contributed by atoms with Gasteiger partial charge in [-0.25, -0.2) is 4.98 Å². The van der Waals surface area contributed by atoms with Crippen molar-refractivity contribution in [2.45, 2.75) is 5.03 Å². The summed E-state index contributed by atoms with van der Waals surface area (Å²) < 4.78 is 29.2. The van der Waals surface area contributed by atoms with Gasteiger partial charge in [-0.1, -0.05) is 18.2 Å². The molecule has 3 heterocycles. The molecule has 1 aliphatic heterocycles. The van der Waals surface area contributed by atoms with Gasteiger partial charge in [0.05, 0.1) is 24.8 Å². The first-order chi connectivity index (χ1) is 13.0. The molecular formula is C19H17N5O2S. The lowest BCUT2D eigenvalue weighted by Gasteiger charge is -2.11.